The zero-order valence-corrected chi connectivity index (χ0v) is 11.6. The standard InChI is InChI=1S/C12H27N3O2/c1-5-6-7-15-11(16)17-10-12(2,8-13-3)9-14-4/h13-14H,5-10H2,1-4H3,(H,15,16). The van der Waals surface area contributed by atoms with E-state index in [0.29, 0.717) is 13.2 Å². The molecule has 0 atom stereocenters. The Kier molecular flexibility index (Phi) is 8.80. The van der Waals surface area contributed by atoms with E-state index in [1.807, 2.05) is 14.1 Å². The van der Waals surface area contributed by atoms with Crippen LogP contribution in [0.15, 0.2) is 0 Å². The maximum absolute atomic E-state index is 11.4. The first kappa shape index (κ1) is 16.2. The summed E-state index contributed by atoms with van der Waals surface area (Å²) in [5.74, 6) is 0. The van der Waals surface area contributed by atoms with Gasteiger partial charge in [-0.15, -0.1) is 0 Å². The van der Waals surface area contributed by atoms with Crippen LogP contribution >= 0.6 is 0 Å². The van der Waals surface area contributed by atoms with Crippen molar-refractivity contribution in [1.82, 2.24) is 16.0 Å². The summed E-state index contributed by atoms with van der Waals surface area (Å²) in [6.45, 7) is 6.87. The highest BCUT2D eigenvalue weighted by molar-refractivity contribution is 5.67. The van der Waals surface area contributed by atoms with E-state index in [1.165, 1.54) is 0 Å². The van der Waals surface area contributed by atoms with Crippen LogP contribution in [0.5, 0.6) is 0 Å². The number of hydrogen-bond donors (Lipinski definition) is 3. The molecule has 5 nitrogen and oxygen atoms in total. The number of rotatable bonds is 9. The lowest BCUT2D eigenvalue weighted by atomic mass is 9.92. The molecule has 102 valence electrons. The topological polar surface area (TPSA) is 62.4 Å². The number of alkyl carbamates (subject to hydrolysis) is 1. The summed E-state index contributed by atoms with van der Waals surface area (Å²) in [6, 6.07) is 0. The number of hydrogen-bond acceptors (Lipinski definition) is 4. The quantitative estimate of drug-likeness (QED) is 0.529. The summed E-state index contributed by atoms with van der Waals surface area (Å²) in [5.41, 5.74) is -0.0778. The first-order valence-corrected chi connectivity index (χ1v) is 6.28. The lowest BCUT2D eigenvalue weighted by molar-refractivity contribution is 0.0909. The van der Waals surface area contributed by atoms with Crippen molar-refractivity contribution in [3.8, 4) is 0 Å². The average molecular weight is 245 g/mol. The highest BCUT2D eigenvalue weighted by Gasteiger charge is 2.24. The fourth-order valence-corrected chi connectivity index (χ4v) is 1.68. The number of unbranched alkanes of at least 4 members (excludes halogenated alkanes) is 1. The van der Waals surface area contributed by atoms with Gasteiger partial charge in [-0.05, 0) is 20.5 Å². The molecule has 0 aliphatic rings. The van der Waals surface area contributed by atoms with Crippen LogP contribution in [-0.4, -0.2) is 46.4 Å². The monoisotopic (exact) mass is 245 g/mol. The van der Waals surface area contributed by atoms with E-state index in [0.717, 1.165) is 25.9 Å². The van der Waals surface area contributed by atoms with Gasteiger partial charge in [0.05, 0.1) is 0 Å². The minimum Gasteiger partial charge on any atom is -0.449 e. The van der Waals surface area contributed by atoms with E-state index < -0.39 is 0 Å². The van der Waals surface area contributed by atoms with Crippen LogP contribution in [0, 0.1) is 5.41 Å². The van der Waals surface area contributed by atoms with Crippen LogP contribution in [0.25, 0.3) is 0 Å². The van der Waals surface area contributed by atoms with Crippen molar-refractivity contribution in [2.75, 3.05) is 40.3 Å². The third-order valence-electron chi connectivity index (χ3n) is 2.56. The van der Waals surface area contributed by atoms with E-state index in [4.69, 9.17) is 4.74 Å². The minimum atomic E-state index is -0.322. The van der Waals surface area contributed by atoms with Crippen molar-refractivity contribution in [1.29, 1.82) is 0 Å². The van der Waals surface area contributed by atoms with Gasteiger partial charge in [-0.25, -0.2) is 4.79 Å². The molecule has 0 radical (unpaired) electrons. The molecular weight excluding hydrogens is 218 g/mol. The maximum atomic E-state index is 11.4. The molecule has 0 aromatic heterocycles. The third kappa shape index (κ3) is 7.99. The summed E-state index contributed by atoms with van der Waals surface area (Å²) >= 11 is 0. The zero-order valence-electron chi connectivity index (χ0n) is 11.6. The molecule has 0 saturated carbocycles. The van der Waals surface area contributed by atoms with Crippen molar-refractivity contribution in [3.63, 3.8) is 0 Å². The molecule has 0 fully saturated rings. The second kappa shape index (κ2) is 9.24. The number of nitrogens with one attached hydrogen (secondary N) is 3. The van der Waals surface area contributed by atoms with Gasteiger partial charge < -0.3 is 20.7 Å². The van der Waals surface area contributed by atoms with Crippen molar-refractivity contribution in [2.45, 2.75) is 26.7 Å². The Morgan fingerprint density at radius 2 is 1.82 bits per heavy atom. The largest absolute Gasteiger partial charge is 0.449 e. The summed E-state index contributed by atoms with van der Waals surface area (Å²) in [7, 11) is 3.80. The maximum Gasteiger partial charge on any atom is 0.407 e. The van der Waals surface area contributed by atoms with Gasteiger partial charge in [-0.3, -0.25) is 0 Å². The molecule has 0 spiro atoms. The number of ether oxygens (including phenoxy) is 1. The summed E-state index contributed by atoms with van der Waals surface area (Å²) < 4.78 is 5.23. The Labute approximate surface area is 105 Å². The lowest BCUT2D eigenvalue weighted by Crippen LogP contribution is -2.43. The Bertz CT molecular complexity index is 204. The molecule has 0 heterocycles. The van der Waals surface area contributed by atoms with Crippen LogP contribution in [0.1, 0.15) is 26.7 Å². The predicted octanol–water partition coefficient (Wildman–Crippen LogP) is 0.958. The smallest absolute Gasteiger partial charge is 0.407 e. The van der Waals surface area contributed by atoms with Gasteiger partial charge in [0.25, 0.3) is 0 Å². The second-order valence-electron chi connectivity index (χ2n) is 4.73. The summed E-state index contributed by atoms with van der Waals surface area (Å²) in [6.07, 6.45) is 1.73. The lowest BCUT2D eigenvalue weighted by Gasteiger charge is -2.28. The van der Waals surface area contributed by atoms with Gasteiger partial charge in [0, 0.05) is 25.0 Å². The predicted molar refractivity (Wildman–Crippen MR) is 70.2 cm³/mol. The first-order chi connectivity index (χ1) is 8.08. The Morgan fingerprint density at radius 3 is 2.29 bits per heavy atom. The Balaban J connectivity index is 3.90. The van der Waals surface area contributed by atoms with E-state index in [1.54, 1.807) is 0 Å². The Hall–Kier alpha value is -0.810. The second-order valence-corrected chi connectivity index (χ2v) is 4.73. The van der Waals surface area contributed by atoms with Crippen molar-refractivity contribution in [2.24, 2.45) is 5.41 Å². The van der Waals surface area contributed by atoms with Crippen LogP contribution in [0.2, 0.25) is 0 Å². The Morgan fingerprint density at radius 1 is 1.24 bits per heavy atom. The average Bonchev–Trinajstić information content (AvgIpc) is 2.28. The SMILES string of the molecule is CCCCNC(=O)OCC(C)(CNC)CNC. The summed E-state index contributed by atoms with van der Waals surface area (Å²) in [5, 5.41) is 8.97. The molecule has 0 aromatic carbocycles. The molecule has 0 aliphatic heterocycles. The van der Waals surface area contributed by atoms with Gasteiger partial charge in [0.15, 0.2) is 0 Å². The summed E-state index contributed by atoms with van der Waals surface area (Å²) in [4.78, 5) is 11.4. The molecule has 0 aliphatic carbocycles. The fraction of sp³-hybridized carbons (Fsp3) is 0.917. The number of carbonyl (C=O) groups is 1. The molecule has 0 bridgehead atoms. The highest BCUT2D eigenvalue weighted by Crippen LogP contribution is 2.14. The van der Waals surface area contributed by atoms with Gasteiger partial charge in [0.2, 0.25) is 0 Å². The van der Waals surface area contributed by atoms with Crippen LogP contribution in [0.3, 0.4) is 0 Å². The molecule has 0 rings (SSSR count). The van der Waals surface area contributed by atoms with Gasteiger partial charge >= 0.3 is 6.09 Å². The normalized spacial score (nSPS) is 11.3. The number of carbonyl (C=O) groups excluding carboxylic acids is 1. The van der Waals surface area contributed by atoms with Crippen molar-refractivity contribution < 1.29 is 9.53 Å². The number of amides is 1. The van der Waals surface area contributed by atoms with E-state index in [-0.39, 0.29) is 11.5 Å². The molecule has 17 heavy (non-hydrogen) atoms. The van der Waals surface area contributed by atoms with Gasteiger partial charge in [0.1, 0.15) is 6.61 Å². The molecular formula is C12H27N3O2. The van der Waals surface area contributed by atoms with Crippen LogP contribution < -0.4 is 16.0 Å². The molecule has 0 saturated heterocycles. The van der Waals surface area contributed by atoms with Crippen LogP contribution in [-0.2, 0) is 4.74 Å². The molecule has 0 aromatic rings. The van der Waals surface area contributed by atoms with Crippen molar-refractivity contribution in [3.05, 3.63) is 0 Å². The fourth-order valence-electron chi connectivity index (χ4n) is 1.68. The van der Waals surface area contributed by atoms with E-state index in [2.05, 4.69) is 29.8 Å². The van der Waals surface area contributed by atoms with Gasteiger partial charge in [-0.2, -0.15) is 0 Å². The van der Waals surface area contributed by atoms with Crippen molar-refractivity contribution >= 4 is 6.09 Å². The third-order valence-corrected chi connectivity index (χ3v) is 2.56. The van der Waals surface area contributed by atoms with E-state index in [9.17, 15) is 4.79 Å². The zero-order chi connectivity index (χ0) is 13.1. The highest BCUT2D eigenvalue weighted by atomic mass is 16.5. The van der Waals surface area contributed by atoms with Crippen LogP contribution in [0.4, 0.5) is 4.79 Å². The molecule has 5 heteroatoms. The first-order valence-electron chi connectivity index (χ1n) is 6.28. The molecule has 1 amide bonds. The van der Waals surface area contributed by atoms with E-state index >= 15 is 0 Å². The molecule has 0 unspecified atom stereocenters. The minimum absolute atomic E-state index is 0.0778. The van der Waals surface area contributed by atoms with Gasteiger partial charge in [-0.1, -0.05) is 20.3 Å². The molecule has 3 N–H and O–H groups in total.